The second-order valence-electron chi connectivity index (χ2n) is 5.15. The van der Waals surface area contributed by atoms with Crippen LogP contribution in [0.25, 0.3) is 0 Å². The summed E-state index contributed by atoms with van der Waals surface area (Å²) in [5.74, 6) is -0.442. The number of amides is 1. The molecule has 0 saturated carbocycles. The van der Waals surface area contributed by atoms with Crippen molar-refractivity contribution in [2.75, 3.05) is 12.4 Å². The van der Waals surface area contributed by atoms with Gasteiger partial charge in [0, 0.05) is 13.1 Å². The van der Waals surface area contributed by atoms with Gasteiger partial charge in [-0.3, -0.25) is 4.79 Å². The van der Waals surface area contributed by atoms with Crippen LogP contribution in [0.1, 0.15) is 21.5 Å². The van der Waals surface area contributed by atoms with Gasteiger partial charge in [-0.25, -0.2) is 9.37 Å². The maximum Gasteiger partial charge on any atom is 0.255 e. The van der Waals surface area contributed by atoms with Crippen molar-refractivity contribution in [2.45, 2.75) is 18.9 Å². The fraction of sp³-hybridized carbons (Fsp3) is 0.250. The number of nitrogens with one attached hydrogen (secondary N) is 2. The summed E-state index contributed by atoms with van der Waals surface area (Å²) in [7, 11) is 1.66. The number of fused-ring (bicyclic) bond motifs is 1. The number of anilines is 1. The fourth-order valence-electron chi connectivity index (χ4n) is 2.74. The first-order chi connectivity index (χ1) is 10.2. The number of nitrogens with zero attached hydrogens (tertiary/aromatic N) is 1. The molecule has 1 aliphatic rings. The summed E-state index contributed by atoms with van der Waals surface area (Å²) in [4.78, 5) is 16.2. The number of halogens is 1. The Morgan fingerprint density at radius 2 is 1.95 bits per heavy atom. The van der Waals surface area contributed by atoms with Crippen molar-refractivity contribution in [3.05, 3.63) is 59.0 Å². The number of hydrogen-bond donors (Lipinski definition) is 2. The van der Waals surface area contributed by atoms with E-state index >= 15 is 0 Å². The second kappa shape index (κ2) is 5.52. The van der Waals surface area contributed by atoms with Gasteiger partial charge in [-0.2, -0.15) is 0 Å². The van der Waals surface area contributed by atoms with Crippen molar-refractivity contribution in [1.82, 2.24) is 10.3 Å². The predicted octanol–water partition coefficient (Wildman–Crippen LogP) is 2.16. The third-order valence-corrected chi connectivity index (χ3v) is 3.72. The van der Waals surface area contributed by atoms with Crippen molar-refractivity contribution >= 4 is 11.7 Å². The molecule has 0 radical (unpaired) electrons. The largest absolute Gasteiger partial charge is 0.372 e. The van der Waals surface area contributed by atoms with Crippen LogP contribution in [0.15, 0.2) is 36.5 Å². The Morgan fingerprint density at radius 1 is 1.29 bits per heavy atom. The monoisotopic (exact) mass is 285 g/mol. The second-order valence-corrected chi connectivity index (χ2v) is 5.15. The summed E-state index contributed by atoms with van der Waals surface area (Å²) < 4.78 is 13.3. The van der Waals surface area contributed by atoms with E-state index in [1.165, 1.54) is 17.2 Å². The zero-order valence-electron chi connectivity index (χ0n) is 11.7. The van der Waals surface area contributed by atoms with Gasteiger partial charge in [0.2, 0.25) is 0 Å². The van der Waals surface area contributed by atoms with E-state index in [2.05, 4.69) is 27.8 Å². The minimum absolute atomic E-state index is 0.0443. The molecular formula is C16H16FN3O. The van der Waals surface area contributed by atoms with Crippen LogP contribution in [-0.4, -0.2) is 24.0 Å². The molecule has 0 fully saturated rings. The minimum atomic E-state index is -0.520. The van der Waals surface area contributed by atoms with Gasteiger partial charge in [0.15, 0.2) is 0 Å². The molecule has 1 heterocycles. The first-order valence-electron chi connectivity index (χ1n) is 6.88. The van der Waals surface area contributed by atoms with Crippen LogP contribution >= 0.6 is 0 Å². The maximum atomic E-state index is 13.3. The smallest absolute Gasteiger partial charge is 0.255 e. The van der Waals surface area contributed by atoms with Crippen molar-refractivity contribution in [2.24, 2.45) is 0 Å². The molecule has 2 N–H and O–H groups in total. The molecule has 2 aromatic rings. The third-order valence-electron chi connectivity index (χ3n) is 3.72. The van der Waals surface area contributed by atoms with Crippen LogP contribution in [0.3, 0.4) is 0 Å². The van der Waals surface area contributed by atoms with Crippen molar-refractivity contribution in [1.29, 1.82) is 0 Å². The Kier molecular flexibility index (Phi) is 3.56. The molecule has 0 atom stereocenters. The lowest BCUT2D eigenvalue weighted by Gasteiger charge is -2.14. The van der Waals surface area contributed by atoms with E-state index in [1.54, 1.807) is 7.05 Å². The predicted molar refractivity (Wildman–Crippen MR) is 78.8 cm³/mol. The number of carbonyl (C=O) groups is 1. The molecule has 1 aromatic carbocycles. The minimum Gasteiger partial charge on any atom is -0.372 e. The van der Waals surface area contributed by atoms with Gasteiger partial charge in [0.1, 0.15) is 11.6 Å². The number of hydrogen-bond acceptors (Lipinski definition) is 3. The first-order valence-corrected chi connectivity index (χ1v) is 6.88. The lowest BCUT2D eigenvalue weighted by molar-refractivity contribution is 0.0938. The Labute approximate surface area is 122 Å². The highest BCUT2D eigenvalue weighted by Gasteiger charge is 2.24. The SMILES string of the molecule is CNc1ncc(F)cc1C(=O)NC1Cc2ccccc2C1. The summed E-state index contributed by atoms with van der Waals surface area (Å²) >= 11 is 0. The van der Waals surface area contributed by atoms with Gasteiger partial charge in [-0.05, 0) is 30.0 Å². The highest BCUT2D eigenvalue weighted by atomic mass is 19.1. The Bertz CT molecular complexity index is 662. The number of rotatable bonds is 3. The number of benzene rings is 1. The van der Waals surface area contributed by atoms with Gasteiger partial charge in [0.25, 0.3) is 5.91 Å². The molecule has 1 aliphatic carbocycles. The Morgan fingerprint density at radius 3 is 2.57 bits per heavy atom. The van der Waals surface area contributed by atoms with E-state index in [4.69, 9.17) is 0 Å². The van der Waals surface area contributed by atoms with E-state index in [9.17, 15) is 9.18 Å². The van der Waals surface area contributed by atoms with E-state index in [-0.39, 0.29) is 17.5 Å². The van der Waals surface area contributed by atoms with Gasteiger partial charge in [0.05, 0.1) is 11.8 Å². The summed E-state index contributed by atoms with van der Waals surface area (Å²) in [6.07, 6.45) is 2.70. The van der Waals surface area contributed by atoms with E-state index in [0.29, 0.717) is 5.82 Å². The summed E-state index contributed by atoms with van der Waals surface area (Å²) in [6, 6.07) is 9.39. The highest BCUT2D eigenvalue weighted by molar-refractivity contribution is 5.98. The van der Waals surface area contributed by atoms with Crippen LogP contribution in [0.4, 0.5) is 10.2 Å². The van der Waals surface area contributed by atoms with Crippen LogP contribution in [0, 0.1) is 5.82 Å². The van der Waals surface area contributed by atoms with Gasteiger partial charge >= 0.3 is 0 Å². The molecule has 108 valence electrons. The molecule has 0 bridgehead atoms. The number of aromatic nitrogens is 1. The summed E-state index contributed by atoms with van der Waals surface area (Å²) in [5.41, 5.74) is 2.75. The zero-order chi connectivity index (χ0) is 14.8. The molecule has 3 rings (SSSR count). The summed E-state index contributed by atoms with van der Waals surface area (Å²) in [5, 5.41) is 5.77. The van der Waals surface area contributed by atoms with Crippen LogP contribution in [0.2, 0.25) is 0 Å². The van der Waals surface area contributed by atoms with Gasteiger partial charge in [-0.1, -0.05) is 24.3 Å². The van der Waals surface area contributed by atoms with Crippen molar-refractivity contribution in [3.8, 4) is 0 Å². The highest BCUT2D eigenvalue weighted by Crippen LogP contribution is 2.22. The molecule has 5 heteroatoms. The molecule has 0 aliphatic heterocycles. The van der Waals surface area contributed by atoms with Crippen molar-refractivity contribution in [3.63, 3.8) is 0 Å². The van der Waals surface area contributed by atoms with Gasteiger partial charge < -0.3 is 10.6 Å². The van der Waals surface area contributed by atoms with Crippen LogP contribution in [0.5, 0.6) is 0 Å². The molecule has 1 aromatic heterocycles. The van der Waals surface area contributed by atoms with Crippen molar-refractivity contribution < 1.29 is 9.18 Å². The van der Waals surface area contributed by atoms with Crippen LogP contribution < -0.4 is 10.6 Å². The van der Waals surface area contributed by atoms with E-state index in [1.807, 2.05) is 12.1 Å². The number of carbonyl (C=O) groups excluding carboxylic acids is 1. The molecular weight excluding hydrogens is 269 g/mol. The Balaban J connectivity index is 1.75. The molecule has 4 nitrogen and oxygen atoms in total. The van der Waals surface area contributed by atoms with E-state index < -0.39 is 5.82 Å². The molecule has 0 unspecified atom stereocenters. The van der Waals surface area contributed by atoms with Crippen LogP contribution in [-0.2, 0) is 12.8 Å². The maximum absolute atomic E-state index is 13.3. The lowest BCUT2D eigenvalue weighted by Crippen LogP contribution is -2.35. The first kappa shape index (κ1) is 13.5. The Hall–Kier alpha value is -2.43. The summed E-state index contributed by atoms with van der Waals surface area (Å²) in [6.45, 7) is 0. The molecule has 0 spiro atoms. The average Bonchev–Trinajstić information content (AvgIpc) is 2.89. The average molecular weight is 285 g/mol. The normalized spacial score (nSPS) is 13.8. The van der Waals surface area contributed by atoms with Gasteiger partial charge in [-0.15, -0.1) is 0 Å². The number of pyridine rings is 1. The zero-order valence-corrected chi connectivity index (χ0v) is 11.7. The topological polar surface area (TPSA) is 54.0 Å². The fourth-order valence-corrected chi connectivity index (χ4v) is 2.74. The quantitative estimate of drug-likeness (QED) is 0.908. The molecule has 1 amide bonds. The molecule has 21 heavy (non-hydrogen) atoms. The third kappa shape index (κ3) is 2.72. The molecule has 0 saturated heterocycles. The lowest BCUT2D eigenvalue weighted by atomic mass is 10.1. The standard InChI is InChI=1S/C16H16FN3O/c1-18-15-14(8-12(17)9-19-15)16(21)20-13-6-10-4-2-3-5-11(10)7-13/h2-5,8-9,13H,6-7H2,1H3,(H,18,19)(H,20,21). The van der Waals surface area contributed by atoms with E-state index in [0.717, 1.165) is 19.0 Å².